The lowest BCUT2D eigenvalue weighted by Gasteiger charge is -2.27. The quantitative estimate of drug-likeness (QED) is 0.923. The second-order valence-electron chi connectivity index (χ2n) is 6.79. The monoisotopic (exact) mass is 306 g/mol. The predicted molar refractivity (Wildman–Crippen MR) is 82.3 cm³/mol. The van der Waals surface area contributed by atoms with Crippen LogP contribution in [0.2, 0.25) is 0 Å². The highest BCUT2D eigenvalue weighted by Gasteiger charge is 2.34. The van der Waals surface area contributed by atoms with Gasteiger partial charge in [0.05, 0.1) is 6.04 Å². The zero-order valence-corrected chi connectivity index (χ0v) is 13.5. The van der Waals surface area contributed by atoms with Crippen molar-refractivity contribution in [2.45, 2.75) is 57.9 Å². The van der Waals surface area contributed by atoms with Gasteiger partial charge in [-0.2, -0.15) is 4.98 Å². The summed E-state index contributed by atoms with van der Waals surface area (Å²) in [5, 5.41) is 7.46. The Labute approximate surface area is 131 Å². The number of nitrogens with zero attached hydrogens (tertiary/aromatic N) is 3. The molecule has 2 aliphatic rings. The predicted octanol–water partition coefficient (Wildman–Crippen LogP) is 2.25. The van der Waals surface area contributed by atoms with Gasteiger partial charge in [0.2, 0.25) is 11.8 Å². The van der Waals surface area contributed by atoms with Crippen molar-refractivity contribution in [2.24, 2.45) is 5.92 Å². The van der Waals surface area contributed by atoms with Crippen LogP contribution in [0.4, 0.5) is 0 Å². The SMILES string of the molecule is CC(C)c1nc(C2CCCN2C(=O)CC2CCNCC2)no1. The Bertz CT molecular complexity index is 508. The summed E-state index contributed by atoms with van der Waals surface area (Å²) in [4.78, 5) is 19.1. The van der Waals surface area contributed by atoms with Crippen molar-refractivity contribution in [1.29, 1.82) is 0 Å². The minimum atomic E-state index is 0.00506. The van der Waals surface area contributed by atoms with Crippen molar-refractivity contribution in [1.82, 2.24) is 20.4 Å². The van der Waals surface area contributed by atoms with E-state index in [1.54, 1.807) is 0 Å². The van der Waals surface area contributed by atoms with Crippen LogP contribution in [0.5, 0.6) is 0 Å². The van der Waals surface area contributed by atoms with Gasteiger partial charge in [0.15, 0.2) is 5.82 Å². The standard InChI is InChI=1S/C16H26N4O2/c1-11(2)16-18-15(19-22-16)13-4-3-9-20(13)14(21)10-12-5-7-17-8-6-12/h11-13,17H,3-10H2,1-2H3. The van der Waals surface area contributed by atoms with Crippen molar-refractivity contribution in [3.8, 4) is 0 Å². The number of carbonyl (C=O) groups excluding carboxylic acids is 1. The summed E-state index contributed by atoms with van der Waals surface area (Å²) in [6.07, 6.45) is 4.82. The lowest BCUT2D eigenvalue weighted by atomic mass is 9.94. The first kappa shape index (κ1) is 15.5. The molecule has 6 nitrogen and oxygen atoms in total. The summed E-state index contributed by atoms with van der Waals surface area (Å²) in [6.45, 7) is 6.95. The highest BCUT2D eigenvalue weighted by atomic mass is 16.5. The number of rotatable bonds is 4. The smallest absolute Gasteiger partial charge is 0.229 e. The van der Waals surface area contributed by atoms with Crippen molar-refractivity contribution in [3.63, 3.8) is 0 Å². The molecule has 1 aromatic rings. The number of hydrogen-bond donors (Lipinski definition) is 1. The van der Waals surface area contributed by atoms with Crippen LogP contribution in [0, 0.1) is 5.92 Å². The maximum absolute atomic E-state index is 12.7. The van der Waals surface area contributed by atoms with E-state index in [1.165, 1.54) is 0 Å². The summed E-state index contributed by atoms with van der Waals surface area (Å²) in [6, 6.07) is 0.00506. The molecule has 22 heavy (non-hydrogen) atoms. The first-order chi connectivity index (χ1) is 10.6. The van der Waals surface area contributed by atoms with Crippen LogP contribution in [0.3, 0.4) is 0 Å². The maximum Gasteiger partial charge on any atom is 0.229 e. The summed E-state index contributed by atoms with van der Waals surface area (Å²) in [5.41, 5.74) is 0. The van der Waals surface area contributed by atoms with E-state index < -0.39 is 0 Å². The van der Waals surface area contributed by atoms with Gasteiger partial charge in [-0.3, -0.25) is 4.79 Å². The molecule has 2 fully saturated rings. The third-order valence-corrected chi connectivity index (χ3v) is 4.74. The van der Waals surface area contributed by atoms with E-state index in [9.17, 15) is 4.79 Å². The Morgan fingerprint density at radius 2 is 2.14 bits per heavy atom. The fraction of sp³-hybridized carbons (Fsp3) is 0.812. The second-order valence-corrected chi connectivity index (χ2v) is 6.79. The first-order valence-corrected chi connectivity index (χ1v) is 8.49. The zero-order valence-electron chi connectivity index (χ0n) is 13.5. The van der Waals surface area contributed by atoms with Crippen molar-refractivity contribution >= 4 is 5.91 Å². The van der Waals surface area contributed by atoms with E-state index in [1.807, 2.05) is 18.7 Å². The Hall–Kier alpha value is -1.43. The molecule has 0 bridgehead atoms. The zero-order chi connectivity index (χ0) is 15.5. The number of aromatic nitrogens is 2. The number of piperidine rings is 1. The highest BCUT2D eigenvalue weighted by molar-refractivity contribution is 5.77. The largest absolute Gasteiger partial charge is 0.339 e. The van der Waals surface area contributed by atoms with E-state index in [0.717, 1.165) is 45.3 Å². The normalized spacial score (nSPS) is 23.4. The van der Waals surface area contributed by atoms with E-state index >= 15 is 0 Å². The Kier molecular flexibility index (Phi) is 4.76. The molecular formula is C16H26N4O2. The van der Waals surface area contributed by atoms with Gasteiger partial charge in [-0.25, -0.2) is 0 Å². The third kappa shape index (κ3) is 3.32. The second kappa shape index (κ2) is 6.77. The summed E-state index contributed by atoms with van der Waals surface area (Å²) >= 11 is 0. The van der Waals surface area contributed by atoms with Crippen molar-refractivity contribution in [2.75, 3.05) is 19.6 Å². The highest BCUT2D eigenvalue weighted by Crippen LogP contribution is 2.32. The van der Waals surface area contributed by atoms with E-state index in [4.69, 9.17) is 4.52 Å². The minimum absolute atomic E-state index is 0.00506. The number of amides is 1. The van der Waals surface area contributed by atoms with E-state index in [-0.39, 0.29) is 17.9 Å². The molecule has 122 valence electrons. The van der Waals surface area contributed by atoms with Crippen LogP contribution >= 0.6 is 0 Å². The van der Waals surface area contributed by atoms with Crippen molar-refractivity contribution in [3.05, 3.63) is 11.7 Å². The van der Waals surface area contributed by atoms with Gasteiger partial charge >= 0.3 is 0 Å². The molecule has 1 aromatic heterocycles. The lowest BCUT2D eigenvalue weighted by molar-refractivity contribution is -0.133. The van der Waals surface area contributed by atoms with Gasteiger partial charge in [-0.15, -0.1) is 0 Å². The molecule has 2 aliphatic heterocycles. The molecule has 0 saturated carbocycles. The van der Waals surface area contributed by atoms with Crippen LogP contribution in [-0.4, -0.2) is 40.6 Å². The average Bonchev–Trinajstić information content (AvgIpc) is 3.17. The van der Waals surface area contributed by atoms with Crippen LogP contribution < -0.4 is 5.32 Å². The number of carbonyl (C=O) groups is 1. The molecule has 1 amide bonds. The molecule has 0 spiro atoms. The summed E-state index contributed by atoms with van der Waals surface area (Å²) in [7, 11) is 0. The van der Waals surface area contributed by atoms with E-state index in [2.05, 4.69) is 15.5 Å². The van der Waals surface area contributed by atoms with Crippen LogP contribution in [0.25, 0.3) is 0 Å². The average molecular weight is 306 g/mol. The Morgan fingerprint density at radius 3 is 2.82 bits per heavy atom. The topological polar surface area (TPSA) is 71.3 Å². The molecule has 0 radical (unpaired) electrons. The van der Waals surface area contributed by atoms with Crippen LogP contribution in [0.15, 0.2) is 4.52 Å². The maximum atomic E-state index is 12.7. The van der Waals surface area contributed by atoms with Gasteiger partial charge in [0, 0.05) is 18.9 Å². The molecule has 3 rings (SSSR count). The minimum Gasteiger partial charge on any atom is -0.339 e. The van der Waals surface area contributed by atoms with Gasteiger partial charge in [-0.05, 0) is 44.7 Å². The summed E-state index contributed by atoms with van der Waals surface area (Å²) in [5.74, 6) is 2.34. The Balaban J connectivity index is 1.65. The molecular weight excluding hydrogens is 280 g/mol. The molecule has 0 aliphatic carbocycles. The van der Waals surface area contributed by atoms with Gasteiger partial charge in [-0.1, -0.05) is 19.0 Å². The van der Waals surface area contributed by atoms with Gasteiger partial charge in [0.25, 0.3) is 0 Å². The number of nitrogens with one attached hydrogen (secondary N) is 1. The van der Waals surface area contributed by atoms with Gasteiger partial charge in [0.1, 0.15) is 0 Å². The van der Waals surface area contributed by atoms with Gasteiger partial charge < -0.3 is 14.7 Å². The molecule has 6 heteroatoms. The molecule has 1 unspecified atom stereocenters. The molecule has 2 saturated heterocycles. The van der Waals surface area contributed by atoms with Crippen LogP contribution in [-0.2, 0) is 4.79 Å². The fourth-order valence-electron chi connectivity index (χ4n) is 3.40. The molecule has 1 atom stereocenters. The van der Waals surface area contributed by atoms with Crippen LogP contribution in [0.1, 0.15) is 69.6 Å². The Morgan fingerprint density at radius 1 is 1.36 bits per heavy atom. The molecule has 3 heterocycles. The third-order valence-electron chi connectivity index (χ3n) is 4.74. The van der Waals surface area contributed by atoms with E-state index in [0.29, 0.717) is 24.1 Å². The van der Waals surface area contributed by atoms with Crippen molar-refractivity contribution < 1.29 is 9.32 Å². The molecule has 1 N–H and O–H groups in total. The fourth-order valence-corrected chi connectivity index (χ4v) is 3.40. The molecule has 0 aromatic carbocycles. The summed E-state index contributed by atoms with van der Waals surface area (Å²) < 4.78 is 5.31. The lowest BCUT2D eigenvalue weighted by Crippen LogP contribution is -2.35. The number of hydrogen-bond acceptors (Lipinski definition) is 5. The first-order valence-electron chi connectivity index (χ1n) is 8.49. The number of likely N-dealkylation sites (tertiary alicyclic amines) is 1.